The summed E-state index contributed by atoms with van der Waals surface area (Å²) in [4.78, 5) is 20.8. The summed E-state index contributed by atoms with van der Waals surface area (Å²) in [5.41, 5.74) is 2.39. The highest BCUT2D eigenvalue weighted by Gasteiger charge is 2.32. The lowest BCUT2D eigenvalue weighted by atomic mass is 10.1. The highest BCUT2D eigenvalue weighted by molar-refractivity contribution is 5.98. The minimum atomic E-state index is -4.45. The van der Waals surface area contributed by atoms with Gasteiger partial charge in [-0.3, -0.25) is 9.69 Å². The molecule has 2 aromatic heterocycles. The summed E-state index contributed by atoms with van der Waals surface area (Å²) in [5.74, 6) is 0.472. The molecule has 33 heavy (non-hydrogen) atoms. The molecule has 0 atom stereocenters. The Morgan fingerprint density at radius 1 is 1.15 bits per heavy atom. The van der Waals surface area contributed by atoms with Crippen molar-refractivity contribution in [1.82, 2.24) is 19.6 Å². The van der Waals surface area contributed by atoms with Gasteiger partial charge >= 0.3 is 6.18 Å². The van der Waals surface area contributed by atoms with E-state index in [4.69, 9.17) is 9.72 Å². The summed E-state index contributed by atoms with van der Waals surface area (Å²) in [5, 5.41) is 3.29. The normalized spacial score (nSPS) is 17.3. The van der Waals surface area contributed by atoms with Crippen LogP contribution in [0.4, 0.5) is 18.9 Å². The molecular formula is C23H24F3N5O2. The Labute approximate surface area is 188 Å². The van der Waals surface area contributed by atoms with Crippen molar-refractivity contribution in [1.29, 1.82) is 0 Å². The second kappa shape index (κ2) is 8.35. The fourth-order valence-electron chi connectivity index (χ4n) is 4.42. The van der Waals surface area contributed by atoms with Crippen LogP contribution in [0.5, 0.6) is 5.75 Å². The molecule has 7 nitrogen and oxygen atoms in total. The molecule has 1 amide bonds. The summed E-state index contributed by atoms with van der Waals surface area (Å²) in [6.07, 6.45) is -3.33. The molecule has 1 saturated heterocycles. The number of rotatable bonds is 4. The van der Waals surface area contributed by atoms with E-state index in [1.54, 1.807) is 15.4 Å². The van der Waals surface area contributed by atoms with Crippen molar-refractivity contribution in [3.05, 3.63) is 47.8 Å². The number of benzene rings is 1. The minimum absolute atomic E-state index is 0.0109. The molecule has 1 N–H and O–H groups in total. The number of piperazine rings is 1. The molecule has 4 heterocycles. The van der Waals surface area contributed by atoms with Crippen LogP contribution < -0.4 is 15.0 Å². The second-order valence-electron chi connectivity index (χ2n) is 8.19. The highest BCUT2D eigenvalue weighted by atomic mass is 19.4. The summed E-state index contributed by atoms with van der Waals surface area (Å²) < 4.78 is 47.4. The van der Waals surface area contributed by atoms with E-state index in [-0.39, 0.29) is 12.5 Å². The zero-order chi connectivity index (χ0) is 23.2. The second-order valence-corrected chi connectivity index (χ2v) is 8.19. The maximum absolute atomic E-state index is 13.4. The van der Waals surface area contributed by atoms with Crippen molar-refractivity contribution in [2.45, 2.75) is 19.6 Å². The average Bonchev–Trinajstić information content (AvgIpc) is 3.16. The van der Waals surface area contributed by atoms with Gasteiger partial charge in [-0.1, -0.05) is 0 Å². The molecule has 1 aromatic carbocycles. The van der Waals surface area contributed by atoms with Gasteiger partial charge in [0.2, 0.25) is 0 Å². The molecular weight excluding hydrogens is 435 g/mol. The molecule has 0 radical (unpaired) electrons. The van der Waals surface area contributed by atoms with Crippen molar-refractivity contribution >= 4 is 17.2 Å². The summed E-state index contributed by atoms with van der Waals surface area (Å²) in [6, 6.07) is 7.93. The van der Waals surface area contributed by atoms with E-state index in [2.05, 4.69) is 10.2 Å². The van der Waals surface area contributed by atoms with Gasteiger partial charge in [0.05, 0.1) is 22.6 Å². The minimum Gasteiger partial charge on any atom is -0.482 e. The van der Waals surface area contributed by atoms with Gasteiger partial charge in [-0.15, -0.1) is 0 Å². The van der Waals surface area contributed by atoms with Crippen LogP contribution in [0.2, 0.25) is 0 Å². The Bertz CT molecular complexity index is 1200. The number of carbonyl (C=O) groups is 1. The first kappa shape index (κ1) is 21.7. The van der Waals surface area contributed by atoms with E-state index >= 15 is 0 Å². The molecule has 0 saturated carbocycles. The van der Waals surface area contributed by atoms with Gasteiger partial charge in [0.15, 0.2) is 6.61 Å². The molecule has 0 aliphatic carbocycles. The maximum Gasteiger partial charge on any atom is 0.417 e. The summed E-state index contributed by atoms with van der Waals surface area (Å²) in [7, 11) is 0. The Kier molecular flexibility index (Phi) is 5.49. The van der Waals surface area contributed by atoms with Crippen molar-refractivity contribution in [3.63, 3.8) is 0 Å². The standard InChI is InChI=1S/C23H24F3N5O2/c1-2-30-17-11-15(3-5-19(17)33-14-21(30)32)22-18(13-29-9-7-27-8-10-29)31-12-16(23(24,25)26)4-6-20(31)28-22/h3-6,11-12,27H,2,7-10,13-14H2,1H3. The number of imidazole rings is 1. The predicted molar refractivity (Wildman–Crippen MR) is 117 cm³/mol. The fraction of sp³-hybridized carbons (Fsp3) is 0.391. The molecule has 0 bridgehead atoms. The summed E-state index contributed by atoms with van der Waals surface area (Å²) >= 11 is 0. The third kappa shape index (κ3) is 4.04. The lowest BCUT2D eigenvalue weighted by molar-refractivity contribution is -0.137. The third-order valence-corrected chi connectivity index (χ3v) is 6.12. The number of aromatic nitrogens is 2. The smallest absolute Gasteiger partial charge is 0.417 e. The first-order valence-electron chi connectivity index (χ1n) is 10.9. The van der Waals surface area contributed by atoms with E-state index in [1.807, 2.05) is 19.1 Å². The van der Waals surface area contributed by atoms with Crippen LogP contribution in [0.1, 0.15) is 18.2 Å². The van der Waals surface area contributed by atoms with Crippen LogP contribution >= 0.6 is 0 Å². The number of amides is 1. The van der Waals surface area contributed by atoms with Crippen molar-refractivity contribution in [2.24, 2.45) is 0 Å². The van der Waals surface area contributed by atoms with E-state index < -0.39 is 11.7 Å². The first-order valence-corrected chi connectivity index (χ1v) is 10.9. The SMILES string of the molecule is CCN1C(=O)COc2ccc(-c3nc4ccc(C(F)(F)F)cn4c3CN3CCNCC3)cc21. The number of hydrogen-bond donors (Lipinski definition) is 1. The lowest BCUT2D eigenvalue weighted by Gasteiger charge is -2.29. The van der Waals surface area contributed by atoms with Gasteiger partial charge in [0.25, 0.3) is 5.91 Å². The Hall–Kier alpha value is -3.11. The lowest BCUT2D eigenvalue weighted by Crippen LogP contribution is -2.43. The van der Waals surface area contributed by atoms with Gasteiger partial charge in [0.1, 0.15) is 11.4 Å². The summed E-state index contributed by atoms with van der Waals surface area (Å²) in [6.45, 7) is 6.06. The van der Waals surface area contributed by atoms with Crippen LogP contribution in [0.3, 0.4) is 0 Å². The molecule has 10 heteroatoms. The van der Waals surface area contributed by atoms with E-state index in [0.717, 1.165) is 44.0 Å². The number of halogens is 3. The number of pyridine rings is 1. The molecule has 174 valence electrons. The fourth-order valence-corrected chi connectivity index (χ4v) is 4.42. The molecule has 0 unspecified atom stereocenters. The van der Waals surface area contributed by atoms with Crippen LogP contribution in [-0.4, -0.2) is 59.5 Å². The van der Waals surface area contributed by atoms with Gasteiger partial charge in [0, 0.05) is 51.0 Å². The predicted octanol–water partition coefficient (Wildman–Crippen LogP) is 3.17. The third-order valence-electron chi connectivity index (χ3n) is 6.12. The monoisotopic (exact) mass is 459 g/mol. The van der Waals surface area contributed by atoms with E-state index in [1.165, 1.54) is 6.07 Å². The molecule has 3 aromatic rings. The van der Waals surface area contributed by atoms with Crippen molar-refractivity contribution in [2.75, 3.05) is 44.2 Å². The number of hydrogen-bond acceptors (Lipinski definition) is 5. The van der Waals surface area contributed by atoms with Crippen molar-refractivity contribution < 1.29 is 22.7 Å². The number of carbonyl (C=O) groups excluding carboxylic acids is 1. The van der Waals surface area contributed by atoms with Gasteiger partial charge < -0.3 is 19.4 Å². The molecule has 5 rings (SSSR count). The Morgan fingerprint density at radius 2 is 1.94 bits per heavy atom. The van der Waals surface area contributed by atoms with E-state index in [9.17, 15) is 18.0 Å². The number of alkyl halides is 3. The van der Waals surface area contributed by atoms with Crippen LogP contribution in [0.15, 0.2) is 36.5 Å². The molecule has 2 aliphatic heterocycles. The Morgan fingerprint density at radius 3 is 2.67 bits per heavy atom. The quantitative estimate of drug-likeness (QED) is 0.650. The maximum atomic E-state index is 13.4. The van der Waals surface area contributed by atoms with Gasteiger partial charge in [-0.05, 0) is 37.3 Å². The molecule has 2 aliphatic rings. The van der Waals surface area contributed by atoms with Gasteiger partial charge in [-0.2, -0.15) is 13.2 Å². The van der Waals surface area contributed by atoms with Crippen LogP contribution in [-0.2, 0) is 17.5 Å². The number of ether oxygens (including phenoxy) is 1. The van der Waals surface area contributed by atoms with Crippen molar-refractivity contribution in [3.8, 4) is 17.0 Å². The topological polar surface area (TPSA) is 62.1 Å². The van der Waals surface area contributed by atoms with Gasteiger partial charge in [-0.25, -0.2) is 4.98 Å². The first-order chi connectivity index (χ1) is 15.8. The zero-order valence-corrected chi connectivity index (χ0v) is 18.2. The number of anilines is 1. The average molecular weight is 459 g/mol. The van der Waals surface area contributed by atoms with Crippen LogP contribution in [0, 0.1) is 0 Å². The highest BCUT2D eigenvalue weighted by Crippen LogP contribution is 2.38. The number of nitrogens with zero attached hydrogens (tertiary/aromatic N) is 4. The number of nitrogens with one attached hydrogen (secondary N) is 1. The number of fused-ring (bicyclic) bond motifs is 2. The van der Waals surface area contributed by atoms with Crippen LogP contribution in [0.25, 0.3) is 16.9 Å². The molecule has 0 spiro atoms. The van der Waals surface area contributed by atoms with E-state index in [0.29, 0.717) is 41.6 Å². The number of likely N-dealkylation sites (N-methyl/N-ethyl adjacent to an activating group) is 1. The zero-order valence-electron chi connectivity index (χ0n) is 18.2. The largest absolute Gasteiger partial charge is 0.482 e. The Balaban J connectivity index is 1.65. The molecule has 1 fully saturated rings.